The lowest BCUT2D eigenvalue weighted by Gasteiger charge is -2.25. The van der Waals surface area contributed by atoms with Gasteiger partial charge < -0.3 is 4.90 Å². The Hall–Kier alpha value is -0.900. The summed E-state index contributed by atoms with van der Waals surface area (Å²) in [6, 6.07) is 3.97. The summed E-state index contributed by atoms with van der Waals surface area (Å²) < 4.78 is 0. The highest BCUT2D eigenvalue weighted by molar-refractivity contribution is 9.09. The quantitative estimate of drug-likeness (QED) is 0.786. The summed E-state index contributed by atoms with van der Waals surface area (Å²) in [7, 11) is 0. The van der Waals surface area contributed by atoms with Gasteiger partial charge in [-0.05, 0) is 31.4 Å². The predicted molar refractivity (Wildman–Crippen MR) is 71.4 cm³/mol. The molecule has 2 unspecified atom stereocenters. The zero-order valence-corrected chi connectivity index (χ0v) is 11.8. The number of likely N-dealkylation sites (tertiary alicyclic amines) is 1. The molecule has 0 aliphatic carbocycles. The number of hydrogen-bond acceptors (Lipinski definition) is 2. The summed E-state index contributed by atoms with van der Waals surface area (Å²) in [5.41, 5.74) is 1.64. The molecule has 0 radical (unpaired) electrons. The zero-order valence-electron chi connectivity index (χ0n) is 10.2. The van der Waals surface area contributed by atoms with Crippen LogP contribution in [0.2, 0.25) is 0 Å². The molecule has 1 fully saturated rings. The topological polar surface area (TPSA) is 33.2 Å². The minimum absolute atomic E-state index is 0.129. The molecule has 0 aromatic carbocycles. The number of amides is 1. The maximum atomic E-state index is 12.4. The summed E-state index contributed by atoms with van der Waals surface area (Å²) in [6.45, 7) is 4.97. The van der Waals surface area contributed by atoms with E-state index in [0.29, 0.717) is 12.0 Å². The zero-order chi connectivity index (χ0) is 12.4. The molecule has 0 saturated carbocycles. The molecule has 3 nitrogen and oxygen atoms in total. The normalized spacial score (nSPS) is 24.1. The average Bonchev–Trinajstić information content (AvgIpc) is 2.69. The van der Waals surface area contributed by atoms with Crippen molar-refractivity contribution in [3.63, 3.8) is 0 Å². The molecule has 2 heterocycles. The number of carbonyl (C=O) groups is 1. The molecule has 1 aromatic heterocycles. The number of halogens is 1. The van der Waals surface area contributed by atoms with Crippen LogP contribution in [0.5, 0.6) is 0 Å². The lowest BCUT2D eigenvalue weighted by Crippen LogP contribution is -2.38. The first kappa shape index (κ1) is 12.6. The van der Waals surface area contributed by atoms with E-state index in [4.69, 9.17) is 0 Å². The van der Waals surface area contributed by atoms with Crippen molar-refractivity contribution in [2.24, 2.45) is 5.92 Å². The lowest BCUT2D eigenvalue weighted by atomic mass is 10.0. The Balaban J connectivity index is 2.20. The molecule has 1 aliphatic rings. The molecule has 92 valence electrons. The third-order valence-corrected chi connectivity index (χ3v) is 4.11. The maximum absolute atomic E-state index is 12.4. The van der Waals surface area contributed by atoms with Gasteiger partial charge in [0.25, 0.3) is 5.91 Å². The molecule has 1 aromatic rings. The van der Waals surface area contributed by atoms with E-state index >= 15 is 0 Å². The summed E-state index contributed by atoms with van der Waals surface area (Å²) in [6.07, 6.45) is 2.79. The van der Waals surface area contributed by atoms with Crippen LogP contribution in [0.25, 0.3) is 0 Å². The first-order chi connectivity index (χ1) is 8.13. The van der Waals surface area contributed by atoms with Crippen molar-refractivity contribution in [1.29, 1.82) is 0 Å². The number of hydrogen-bond donors (Lipinski definition) is 0. The number of carbonyl (C=O) groups excluding carboxylic acids is 1. The van der Waals surface area contributed by atoms with Gasteiger partial charge in [-0.1, -0.05) is 22.9 Å². The molecule has 17 heavy (non-hydrogen) atoms. The van der Waals surface area contributed by atoms with Crippen LogP contribution in [0.3, 0.4) is 0 Å². The molecule has 1 aliphatic heterocycles. The van der Waals surface area contributed by atoms with Crippen LogP contribution in [0.1, 0.15) is 29.4 Å². The van der Waals surface area contributed by atoms with Crippen molar-refractivity contribution in [2.45, 2.75) is 26.3 Å². The molecule has 0 N–H and O–H groups in total. The fourth-order valence-electron chi connectivity index (χ4n) is 2.34. The van der Waals surface area contributed by atoms with Crippen molar-refractivity contribution in [3.05, 3.63) is 29.6 Å². The fourth-order valence-corrected chi connectivity index (χ4v) is 3.33. The molecule has 4 heteroatoms. The Bertz CT molecular complexity index is 422. The van der Waals surface area contributed by atoms with E-state index in [1.807, 2.05) is 17.9 Å². The van der Waals surface area contributed by atoms with Gasteiger partial charge in [0.2, 0.25) is 0 Å². The van der Waals surface area contributed by atoms with E-state index in [1.54, 1.807) is 12.3 Å². The number of rotatable bonds is 2. The number of aryl methyl sites for hydroxylation is 1. The van der Waals surface area contributed by atoms with Gasteiger partial charge in [0, 0.05) is 35.4 Å². The van der Waals surface area contributed by atoms with Gasteiger partial charge in [0.1, 0.15) is 0 Å². The Morgan fingerprint density at radius 1 is 1.65 bits per heavy atom. The second kappa shape index (κ2) is 5.17. The van der Waals surface area contributed by atoms with Gasteiger partial charge in [-0.3, -0.25) is 9.78 Å². The maximum Gasteiger partial charge on any atom is 0.254 e. The van der Waals surface area contributed by atoms with Crippen LogP contribution in [0.4, 0.5) is 0 Å². The second-order valence-corrected chi connectivity index (χ2v) is 5.32. The van der Waals surface area contributed by atoms with E-state index in [-0.39, 0.29) is 5.91 Å². The Morgan fingerprint density at radius 2 is 2.41 bits per heavy atom. The van der Waals surface area contributed by atoms with Crippen LogP contribution < -0.4 is 0 Å². The van der Waals surface area contributed by atoms with Crippen LogP contribution >= 0.6 is 15.9 Å². The van der Waals surface area contributed by atoms with Crippen molar-refractivity contribution in [1.82, 2.24) is 9.88 Å². The Kier molecular flexibility index (Phi) is 3.82. The van der Waals surface area contributed by atoms with Gasteiger partial charge in [-0.15, -0.1) is 0 Å². The van der Waals surface area contributed by atoms with Crippen molar-refractivity contribution in [3.8, 4) is 0 Å². The van der Waals surface area contributed by atoms with E-state index in [1.165, 1.54) is 0 Å². The van der Waals surface area contributed by atoms with Crippen LogP contribution in [0, 0.1) is 12.8 Å². The number of alkyl halides is 1. The lowest BCUT2D eigenvalue weighted by molar-refractivity contribution is 0.0738. The van der Waals surface area contributed by atoms with E-state index < -0.39 is 0 Å². The summed E-state index contributed by atoms with van der Waals surface area (Å²) >= 11 is 3.51. The minimum atomic E-state index is 0.129. The Labute approximate surface area is 110 Å². The highest BCUT2D eigenvalue weighted by atomic mass is 79.9. The summed E-state index contributed by atoms with van der Waals surface area (Å²) in [5.74, 6) is 0.700. The smallest absolute Gasteiger partial charge is 0.254 e. The van der Waals surface area contributed by atoms with Gasteiger partial charge in [0.15, 0.2) is 0 Å². The molecule has 0 spiro atoms. The molecular formula is C13H17BrN2O. The second-order valence-electron chi connectivity index (χ2n) is 4.67. The van der Waals surface area contributed by atoms with Crippen molar-refractivity contribution >= 4 is 21.8 Å². The molecule has 2 rings (SSSR count). The van der Waals surface area contributed by atoms with Gasteiger partial charge in [-0.25, -0.2) is 0 Å². The third kappa shape index (κ3) is 2.51. The van der Waals surface area contributed by atoms with Gasteiger partial charge in [-0.2, -0.15) is 0 Å². The first-order valence-electron chi connectivity index (χ1n) is 5.93. The Morgan fingerprint density at radius 3 is 3.06 bits per heavy atom. The molecule has 1 saturated heterocycles. The standard InChI is InChI=1S/C13H17BrN2O/c1-9-4-6-16(12(9)8-14)13(17)11-3-5-15-10(2)7-11/h3,5,7,9,12H,4,6,8H2,1-2H3. The van der Waals surface area contributed by atoms with Crippen molar-refractivity contribution < 1.29 is 4.79 Å². The number of aromatic nitrogens is 1. The highest BCUT2D eigenvalue weighted by Gasteiger charge is 2.33. The van der Waals surface area contributed by atoms with Gasteiger partial charge in [0.05, 0.1) is 0 Å². The third-order valence-electron chi connectivity index (χ3n) is 3.45. The fraction of sp³-hybridized carbons (Fsp3) is 0.538. The SMILES string of the molecule is Cc1cc(C(=O)N2CCC(C)C2CBr)ccn1. The van der Waals surface area contributed by atoms with E-state index in [0.717, 1.165) is 29.6 Å². The molecule has 1 amide bonds. The first-order valence-corrected chi connectivity index (χ1v) is 7.05. The van der Waals surface area contributed by atoms with Gasteiger partial charge >= 0.3 is 0 Å². The van der Waals surface area contributed by atoms with E-state index in [9.17, 15) is 4.79 Å². The summed E-state index contributed by atoms with van der Waals surface area (Å²) in [5, 5.41) is 0.851. The van der Waals surface area contributed by atoms with Crippen LogP contribution in [0.15, 0.2) is 18.3 Å². The average molecular weight is 297 g/mol. The number of nitrogens with zero attached hydrogens (tertiary/aromatic N) is 2. The van der Waals surface area contributed by atoms with E-state index in [2.05, 4.69) is 27.8 Å². The van der Waals surface area contributed by atoms with Crippen LogP contribution in [-0.2, 0) is 0 Å². The minimum Gasteiger partial charge on any atom is -0.335 e. The van der Waals surface area contributed by atoms with Crippen LogP contribution in [-0.4, -0.2) is 33.7 Å². The molecule has 2 atom stereocenters. The molecular weight excluding hydrogens is 280 g/mol. The molecule has 0 bridgehead atoms. The monoisotopic (exact) mass is 296 g/mol. The highest BCUT2D eigenvalue weighted by Crippen LogP contribution is 2.26. The number of pyridine rings is 1. The van der Waals surface area contributed by atoms with Crippen molar-refractivity contribution in [2.75, 3.05) is 11.9 Å². The largest absolute Gasteiger partial charge is 0.335 e. The summed E-state index contributed by atoms with van der Waals surface area (Å²) in [4.78, 5) is 18.5. The predicted octanol–water partition coefficient (Wildman–Crippen LogP) is 2.64.